The summed E-state index contributed by atoms with van der Waals surface area (Å²) in [7, 11) is 0. The molecule has 0 bridgehead atoms. The highest BCUT2D eigenvalue weighted by molar-refractivity contribution is 6.30. The number of hydrogen-bond donors (Lipinski definition) is 1. The Morgan fingerprint density at radius 3 is 2.57 bits per heavy atom. The highest BCUT2D eigenvalue weighted by atomic mass is 35.5. The highest BCUT2D eigenvalue weighted by Gasteiger charge is 2.48. The van der Waals surface area contributed by atoms with Gasteiger partial charge in [-0.2, -0.15) is 0 Å². The monoisotopic (exact) mass is 313 g/mol. The number of aliphatic carboxylic acids is 1. The predicted octanol–water partition coefficient (Wildman–Crippen LogP) is 3.97. The van der Waals surface area contributed by atoms with E-state index in [2.05, 4.69) is 4.90 Å². The van der Waals surface area contributed by atoms with Crippen LogP contribution < -0.4 is 0 Å². The fourth-order valence-electron chi connectivity index (χ4n) is 3.07. The molecular weight excluding hydrogens is 293 g/mol. The van der Waals surface area contributed by atoms with Crippen molar-refractivity contribution in [1.29, 1.82) is 0 Å². The Kier molecular flexibility index (Phi) is 4.59. The van der Waals surface area contributed by atoms with Crippen molar-refractivity contribution in [2.24, 2.45) is 11.3 Å². The minimum Gasteiger partial charge on any atom is -0.481 e. The van der Waals surface area contributed by atoms with Crippen LogP contribution in [-0.2, 0) is 4.79 Å². The molecule has 1 fully saturated rings. The maximum atomic E-state index is 13.3. The molecule has 0 aromatic heterocycles. The number of carboxylic acids is 1. The molecule has 1 aliphatic heterocycles. The lowest BCUT2D eigenvalue weighted by atomic mass is 9.76. The van der Waals surface area contributed by atoms with Gasteiger partial charge in [0.1, 0.15) is 5.82 Å². The van der Waals surface area contributed by atoms with Gasteiger partial charge in [-0.1, -0.05) is 31.5 Å². The van der Waals surface area contributed by atoms with Gasteiger partial charge in [-0.3, -0.25) is 9.69 Å². The van der Waals surface area contributed by atoms with Crippen LogP contribution >= 0.6 is 11.6 Å². The van der Waals surface area contributed by atoms with Crippen LogP contribution in [0.1, 0.15) is 38.8 Å². The third kappa shape index (κ3) is 2.92. The van der Waals surface area contributed by atoms with Crippen LogP contribution in [0, 0.1) is 17.2 Å². The summed E-state index contributed by atoms with van der Waals surface area (Å²) in [6.45, 7) is 7.15. The van der Waals surface area contributed by atoms with E-state index in [4.69, 9.17) is 11.6 Å². The van der Waals surface area contributed by atoms with E-state index in [0.29, 0.717) is 13.0 Å². The summed E-state index contributed by atoms with van der Waals surface area (Å²) in [4.78, 5) is 13.8. The normalized spacial score (nSPS) is 24.5. The zero-order chi connectivity index (χ0) is 15.8. The van der Waals surface area contributed by atoms with E-state index in [-0.39, 0.29) is 17.0 Å². The van der Waals surface area contributed by atoms with E-state index in [1.807, 2.05) is 20.8 Å². The molecule has 2 rings (SSSR count). The van der Waals surface area contributed by atoms with Gasteiger partial charge in [0, 0.05) is 12.6 Å². The van der Waals surface area contributed by atoms with Gasteiger partial charge in [-0.05, 0) is 43.5 Å². The lowest BCUT2D eigenvalue weighted by molar-refractivity contribution is -0.151. The zero-order valence-electron chi connectivity index (χ0n) is 12.6. The first kappa shape index (κ1) is 16.2. The van der Waals surface area contributed by atoms with Crippen molar-refractivity contribution in [3.63, 3.8) is 0 Å². The van der Waals surface area contributed by atoms with E-state index in [0.717, 1.165) is 12.1 Å². The first-order valence-electron chi connectivity index (χ1n) is 7.20. The van der Waals surface area contributed by atoms with Crippen molar-refractivity contribution in [3.05, 3.63) is 34.6 Å². The fraction of sp³-hybridized carbons (Fsp3) is 0.562. The van der Waals surface area contributed by atoms with E-state index >= 15 is 0 Å². The molecule has 0 saturated carbocycles. The molecule has 1 N–H and O–H groups in total. The summed E-state index contributed by atoms with van der Waals surface area (Å²) in [5.41, 5.74) is 0.212. The van der Waals surface area contributed by atoms with Gasteiger partial charge in [0.05, 0.1) is 10.4 Å². The van der Waals surface area contributed by atoms with Crippen LogP contribution in [0.15, 0.2) is 18.2 Å². The van der Waals surface area contributed by atoms with E-state index < -0.39 is 17.2 Å². The van der Waals surface area contributed by atoms with Crippen LogP contribution in [0.25, 0.3) is 0 Å². The molecule has 5 heteroatoms. The number of carboxylic acid groups (broad SMARTS) is 1. The molecule has 0 radical (unpaired) electrons. The van der Waals surface area contributed by atoms with Crippen LogP contribution in [0.2, 0.25) is 5.02 Å². The lowest BCUT2D eigenvalue weighted by Gasteiger charge is -2.31. The summed E-state index contributed by atoms with van der Waals surface area (Å²) in [5, 5.41) is 9.69. The largest absolute Gasteiger partial charge is 0.481 e. The second-order valence-corrected chi connectivity index (χ2v) is 6.59. The number of carbonyl (C=O) groups is 1. The number of rotatable bonds is 4. The number of halogens is 2. The highest BCUT2D eigenvalue weighted by Crippen LogP contribution is 2.41. The maximum absolute atomic E-state index is 13.3. The summed E-state index contributed by atoms with van der Waals surface area (Å²) in [6, 6.07) is 4.71. The van der Waals surface area contributed by atoms with E-state index in [1.54, 1.807) is 12.1 Å². The molecule has 0 spiro atoms. The van der Waals surface area contributed by atoms with Gasteiger partial charge in [0.2, 0.25) is 0 Å². The second-order valence-electron chi connectivity index (χ2n) is 6.19. The minimum absolute atomic E-state index is 0.0167. The molecule has 1 aromatic carbocycles. The Labute approximate surface area is 129 Å². The molecule has 3 nitrogen and oxygen atoms in total. The third-order valence-electron chi connectivity index (χ3n) is 4.84. The molecule has 1 aliphatic rings. The molecule has 1 heterocycles. The quantitative estimate of drug-likeness (QED) is 0.914. The molecule has 2 atom stereocenters. The van der Waals surface area contributed by atoms with Crippen molar-refractivity contribution in [3.8, 4) is 0 Å². The number of likely N-dealkylation sites (tertiary alicyclic amines) is 1. The maximum Gasteiger partial charge on any atom is 0.311 e. The van der Waals surface area contributed by atoms with Gasteiger partial charge in [-0.15, -0.1) is 0 Å². The molecule has 0 aliphatic carbocycles. The summed E-state index contributed by atoms with van der Waals surface area (Å²) in [5.74, 6) is -1.09. The van der Waals surface area contributed by atoms with Crippen LogP contribution in [0.5, 0.6) is 0 Å². The Hall–Kier alpha value is -1.13. The molecule has 0 amide bonds. The summed E-state index contributed by atoms with van der Waals surface area (Å²) >= 11 is 5.83. The summed E-state index contributed by atoms with van der Waals surface area (Å²) in [6.07, 6.45) is 0.638. The van der Waals surface area contributed by atoms with Crippen LogP contribution in [-0.4, -0.2) is 29.1 Å². The van der Waals surface area contributed by atoms with Crippen LogP contribution in [0.4, 0.5) is 4.39 Å². The lowest BCUT2D eigenvalue weighted by Crippen LogP contribution is -2.39. The van der Waals surface area contributed by atoms with Gasteiger partial charge in [0.15, 0.2) is 0 Å². The standard InChI is InChI=1S/C16H21ClFNO2/c1-10(2)16(15(20)21)6-7-19(9-16)11(3)12-4-5-14(18)13(17)8-12/h4-5,8,10-11H,6-7,9H2,1-3H3,(H,20,21). The fourth-order valence-corrected chi connectivity index (χ4v) is 3.26. The Morgan fingerprint density at radius 2 is 2.10 bits per heavy atom. The first-order valence-corrected chi connectivity index (χ1v) is 7.58. The Balaban J connectivity index is 2.20. The number of benzene rings is 1. The van der Waals surface area contributed by atoms with Gasteiger partial charge in [0.25, 0.3) is 0 Å². The van der Waals surface area contributed by atoms with E-state index in [1.165, 1.54) is 6.07 Å². The molecule has 1 saturated heterocycles. The van der Waals surface area contributed by atoms with Gasteiger partial charge in [-0.25, -0.2) is 4.39 Å². The number of nitrogens with zero attached hydrogens (tertiary/aromatic N) is 1. The van der Waals surface area contributed by atoms with E-state index in [9.17, 15) is 14.3 Å². The van der Waals surface area contributed by atoms with Crippen molar-refractivity contribution >= 4 is 17.6 Å². The second kappa shape index (κ2) is 5.93. The summed E-state index contributed by atoms with van der Waals surface area (Å²) < 4.78 is 13.3. The molecule has 21 heavy (non-hydrogen) atoms. The smallest absolute Gasteiger partial charge is 0.311 e. The Morgan fingerprint density at radius 1 is 1.43 bits per heavy atom. The average molecular weight is 314 g/mol. The third-order valence-corrected chi connectivity index (χ3v) is 5.12. The predicted molar refractivity (Wildman–Crippen MR) is 80.9 cm³/mol. The topological polar surface area (TPSA) is 40.5 Å². The molecule has 2 unspecified atom stereocenters. The zero-order valence-corrected chi connectivity index (χ0v) is 13.3. The van der Waals surface area contributed by atoms with Gasteiger partial charge < -0.3 is 5.11 Å². The van der Waals surface area contributed by atoms with Crippen molar-refractivity contribution in [2.75, 3.05) is 13.1 Å². The Bertz CT molecular complexity index is 549. The van der Waals surface area contributed by atoms with Crippen molar-refractivity contribution < 1.29 is 14.3 Å². The average Bonchev–Trinajstić information content (AvgIpc) is 2.87. The first-order chi connectivity index (χ1) is 9.78. The molecule has 116 valence electrons. The molecule has 1 aromatic rings. The van der Waals surface area contributed by atoms with Crippen molar-refractivity contribution in [2.45, 2.75) is 33.2 Å². The van der Waals surface area contributed by atoms with Gasteiger partial charge >= 0.3 is 5.97 Å². The minimum atomic E-state index is -0.732. The number of hydrogen-bond acceptors (Lipinski definition) is 2. The SMILES string of the molecule is CC(c1ccc(F)c(Cl)c1)N1CCC(C(=O)O)(C(C)C)C1. The van der Waals surface area contributed by atoms with Crippen LogP contribution in [0.3, 0.4) is 0 Å². The molecular formula is C16H21ClFNO2. The van der Waals surface area contributed by atoms with Crippen molar-refractivity contribution in [1.82, 2.24) is 4.90 Å².